The van der Waals surface area contributed by atoms with Gasteiger partial charge in [-0.2, -0.15) is 5.26 Å². The van der Waals surface area contributed by atoms with E-state index in [-0.39, 0.29) is 30.2 Å². The fraction of sp³-hybridized carbons (Fsp3) is 0.667. The molecule has 0 spiro atoms. The summed E-state index contributed by atoms with van der Waals surface area (Å²) in [6.45, 7) is 5.60. The first-order valence-electron chi connectivity index (χ1n) is 6.94. The molecule has 1 aliphatic carbocycles. The summed E-state index contributed by atoms with van der Waals surface area (Å²) in [6, 6.07) is 2.13. The molecule has 1 amide bonds. The first-order chi connectivity index (χ1) is 9.35. The molecule has 0 aliphatic heterocycles. The fourth-order valence-corrected chi connectivity index (χ4v) is 2.78. The standard InChI is InChI=1S/C15H22N2O3/c1-9(2)6-14(17-10(3)18)13-5-4-11(15(19)20)7-12(13)8-16/h4,9,12-14H,5-7H2,1-3H3,(H,17,18)(H,19,20)/t12-,13+,14-/m0/s1. The summed E-state index contributed by atoms with van der Waals surface area (Å²) in [5, 5.41) is 21.2. The number of hydrogen-bond acceptors (Lipinski definition) is 3. The van der Waals surface area contributed by atoms with Crippen molar-refractivity contribution in [1.29, 1.82) is 5.26 Å². The highest BCUT2D eigenvalue weighted by Crippen LogP contribution is 2.33. The number of carbonyl (C=O) groups is 2. The second-order valence-electron chi connectivity index (χ2n) is 5.81. The van der Waals surface area contributed by atoms with Gasteiger partial charge in [-0.05, 0) is 31.1 Å². The maximum absolute atomic E-state index is 11.3. The summed E-state index contributed by atoms with van der Waals surface area (Å²) in [4.78, 5) is 22.3. The topological polar surface area (TPSA) is 90.2 Å². The summed E-state index contributed by atoms with van der Waals surface area (Å²) in [6.07, 6.45) is 3.26. The minimum Gasteiger partial charge on any atom is -0.478 e. The maximum atomic E-state index is 11.3. The third kappa shape index (κ3) is 4.37. The highest BCUT2D eigenvalue weighted by Gasteiger charge is 2.34. The predicted octanol–water partition coefficient (Wildman–Crippen LogP) is 2.10. The zero-order valence-electron chi connectivity index (χ0n) is 12.2. The number of hydrogen-bond donors (Lipinski definition) is 2. The van der Waals surface area contributed by atoms with Gasteiger partial charge in [0.15, 0.2) is 0 Å². The van der Waals surface area contributed by atoms with E-state index in [1.807, 2.05) is 0 Å². The van der Waals surface area contributed by atoms with Crippen molar-refractivity contribution >= 4 is 11.9 Å². The van der Waals surface area contributed by atoms with Crippen LogP contribution in [0.15, 0.2) is 11.6 Å². The lowest BCUT2D eigenvalue weighted by Crippen LogP contribution is -2.43. The van der Waals surface area contributed by atoms with Gasteiger partial charge in [0.05, 0.1) is 12.0 Å². The van der Waals surface area contributed by atoms with Crippen molar-refractivity contribution in [2.45, 2.75) is 46.1 Å². The SMILES string of the molecule is CC(=O)N[C@@H](CC(C)C)[C@@H]1CC=C(C(=O)O)C[C@H]1C#N. The average molecular weight is 278 g/mol. The van der Waals surface area contributed by atoms with Gasteiger partial charge in [0.1, 0.15) is 0 Å². The Hall–Kier alpha value is -1.83. The number of carboxylic acids is 1. The molecular weight excluding hydrogens is 256 g/mol. The highest BCUT2D eigenvalue weighted by atomic mass is 16.4. The first-order valence-corrected chi connectivity index (χ1v) is 6.94. The summed E-state index contributed by atoms with van der Waals surface area (Å²) < 4.78 is 0. The Morgan fingerprint density at radius 2 is 2.20 bits per heavy atom. The minimum absolute atomic E-state index is 0.0191. The van der Waals surface area contributed by atoms with Gasteiger partial charge in [-0.1, -0.05) is 19.9 Å². The maximum Gasteiger partial charge on any atom is 0.331 e. The van der Waals surface area contributed by atoms with Gasteiger partial charge in [0.2, 0.25) is 5.91 Å². The zero-order chi connectivity index (χ0) is 15.3. The molecule has 0 radical (unpaired) electrons. The molecule has 2 N–H and O–H groups in total. The van der Waals surface area contributed by atoms with Crippen molar-refractivity contribution < 1.29 is 14.7 Å². The van der Waals surface area contributed by atoms with E-state index >= 15 is 0 Å². The van der Waals surface area contributed by atoms with Crippen LogP contribution in [0.2, 0.25) is 0 Å². The Bertz CT molecular complexity index is 449. The van der Waals surface area contributed by atoms with E-state index in [9.17, 15) is 14.9 Å². The number of allylic oxidation sites excluding steroid dienone is 1. The number of aliphatic carboxylic acids is 1. The van der Waals surface area contributed by atoms with E-state index in [1.165, 1.54) is 6.92 Å². The average Bonchev–Trinajstić information content (AvgIpc) is 2.35. The largest absolute Gasteiger partial charge is 0.478 e. The summed E-state index contributed by atoms with van der Waals surface area (Å²) in [5.74, 6) is -1.05. The number of amides is 1. The van der Waals surface area contributed by atoms with Gasteiger partial charge in [-0.3, -0.25) is 4.79 Å². The Morgan fingerprint density at radius 3 is 2.65 bits per heavy atom. The molecule has 20 heavy (non-hydrogen) atoms. The van der Waals surface area contributed by atoms with Crippen LogP contribution in [-0.4, -0.2) is 23.0 Å². The molecule has 5 heteroatoms. The fourth-order valence-electron chi connectivity index (χ4n) is 2.78. The molecule has 0 aromatic heterocycles. The molecule has 0 heterocycles. The normalized spacial score (nSPS) is 23.6. The smallest absolute Gasteiger partial charge is 0.331 e. The van der Waals surface area contributed by atoms with E-state index in [0.717, 1.165) is 6.42 Å². The van der Waals surface area contributed by atoms with Gasteiger partial charge in [0.25, 0.3) is 0 Å². The number of carbonyl (C=O) groups excluding carboxylic acids is 1. The van der Waals surface area contributed by atoms with Crippen LogP contribution in [0.25, 0.3) is 0 Å². The Kier molecular flexibility index (Phi) is 5.75. The molecule has 0 bridgehead atoms. The van der Waals surface area contributed by atoms with Gasteiger partial charge >= 0.3 is 5.97 Å². The van der Waals surface area contributed by atoms with Crippen LogP contribution in [0.3, 0.4) is 0 Å². The van der Waals surface area contributed by atoms with Crippen molar-refractivity contribution in [3.8, 4) is 6.07 Å². The second-order valence-corrected chi connectivity index (χ2v) is 5.81. The monoisotopic (exact) mass is 278 g/mol. The van der Waals surface area contributed by atoms with Crippen LogP contribution in [0, 0.1) is 29.1 Å². The van der Waals surface area contributed by atoms with Crippen molar-refractivity contribution in [2.24, 2.45) is 17.8 Å². The predicted molar refractivity (Wildman–Crippen MR) is 74.6 cm³/mol. The van der Waals surface area contributed by atoms with E-state index in [1.54, 1.807) is 6.08 Å². The Balaban J connectivity index is 2.92. The van der Waals surface area contributed by atoms with E-state index in [2.05, 4.69) is 25.2 Å². The molecule has 1 aliphatic rings. The minimum atomic E-state index is -0.955. The summed E-state index contributed by atoms with van der Waals surface area (Å²) >= 11 is 0. The molecule has 0 fully saturated rings. The molecule has 1 rings (SSSR count). The summed E-state index contributed by atoms with van der Waals surface area (Å²) in [5.41, 5.74) is 0.305. The molecule has 3 atom stereocenters. The molecule has 0 unspecified atom stereocenters. The Morgan fingerprint density at radius 1 is 1.55 bits per heavy atom. The van der Waals surface area contributed by atoms with Crippen molar-refractivity contribution in [2.75, 3.05) is 0 Å². The molecule has 0 saturated carbocycles. The Labute approximate surface area is 119 Å². The summed E-state index contributed by atoms with van der Waals surface area (Å²) in [7, 11) is 0. The van der Waals surface area contributed by atoms with E-state index in [0.29, 0.717) is 17.9 Å². The lowest BCUT2D eigenvalue weighted by Gasteiger charge is -2.34. The highest BCUT2D eigenvalue weighted by molar-refractivity contribution is 5.86. The molecule has 0 aromatic rings. The third-order valence-corrected chi connectivity index (χ3v) is 3.66. The van der Waals surface area contributed by atoms with Gasteiger partial charge in [-0.25, -0.2) is 4.79 Å². The van der Waals surface area contributed by atoms with Crippen molar-refractivity contribution in [3.63, 3.8) is 0 Å². The number of nitriles is 1. The van der Waals surface area contributed by atoms with Crippen LogP contribution in [0.4, 0.5) is 0 Å². The quantitative estimate of drug-likeness (QED) is 0.805. The second kappa shape index (κ2) is 7.09. The number of nitrogens with zero attached hydrogens (tertiary/aromatic N) is 1. The lowest BCUT2D eigenvalue weighted by atomic mass is 9.74. The van der Waals surface area contributed by atoms with Crippen LogP contribution in [0.5, 0.6) is 0 Å². The zero-order valence-corrected chi connectivity index (χ0v) is 12.2. The van der Waals surface area contributed by atoms with Crippen molar-refractivity contribution in [1.82, 2.24) is 5.32 Å². The third-order valence-electron chi connectivity index (χ3n) is 3.66. The molecule has 110 valence electrons. The van der Waals surface area contributed by atoms with Crippen LogP contribution >= 0.6 is 0 Å². The first kappa shape index (κ1) is 16.2. The van der Waals surface area contributed by atoms with Gasteiger partial charge in [-0.15, -0.1) is 0 Å². The number of carboxylic acid groups (broad SMARTS) is 1. The number of rotatable bonds is 5. The lowest BCUT2D eigenvalue weighted by molar-refractivity contribution is -0.133. The van der Waals surface area contributed by atoms with Gasteiger partial charge < -0.3 is 10.4 Å². The number of nitrogens with one attached hydrogen (secondary N) is 1. The van der Waals surface area contributed by atoms with E-state index < -0.39 is 5.97 Å². The molecule has 5 nitrogen and oxygen atoms in total. The van der Waals surface area contributed by atoms with Crippen molar-refractivity contribution in [3.05, 3.63) is 11.6 Å². The molecule has 0 saturated heterocycles. The molecular formula is C15H22N2O3. The van der Waals surface area contributed by atoms with Crippen LogP contribution in [0.1, 0.15) is 40.0 Å². The van der Waals surface area contributed by atoms with Crippen LogP contribution in [-0.2, 0) is 9.59 Å². The van der Waals surface area contributed by atoms with E-state index in [4.69, 9.17) is 5.11 Å². The molecule has 0 aromatic carbocycles. The van der Waals surface area contributed by atoms with Crippen LogP contribution < -0.4 is 5.32 Å². The van der Waals surface area contributed by atoms with Gasteiger partial charge in [0, 0.05) is 18.5 Å².